The molecule has 0 bridgehead atoms. The average molecular weight is 512 g/mol. The summed E-state index contributed by atoms with van der Waals surface area (Å²) in [4.78, 5) is 30.2. The fraction of sp³-hybridized carbons (Fsp3) is 0.667. The molecule has 1 aromatic carbocycles. The van der Waals surface area contributed by atoms with Crippen molar-refractivity contribution in [1.29, 1.82) is 0 Å². The molecule has 0 aliphatic carbocycles. The molecule has 1 fully saturated rings. The lowest BCUT2D eigenvalue weighted by atomic mass is 9.95. The van der Waals surface area contributed by atoms with E-state index in [1.165, 1.54) is 12.1 Å². The molecule has 11 heteroatoms. The number of amides is 2. The summed E-state index contributed by atoms with van der Waals surface area (Å²) in [7, 11) is -0.211. The minimum absolute atomic E-state index is 0.0262. The standard InChI is InChI=1S/C24H37N3O7S/c1-16-13-27(23(28)18-8-10-33-11-9-18)17(2)15-34-21-12-19(25-35(5,30)31)6-7-20(21)24(29)26(3)14-22(16)32-4/h6-7,12,16-18,22,25H,8-11,13-15H2,1-5H3/t16-,17-,22-/m0/s1. The number of sulfonamides is 1. The first-order chi connectivity index (χ1) is 16.5. The summed E-state index contributed by atoms with van der Waals surface area (Å²) in [6.45, 7) is 6.02. The zero-order chi connectivity index (χ0) is 25.8. The van der Waals surface area contributed by atoms with Gasteiger partial charge in [-0.05, 0) is 31.9 Å². The predicted octanol–water partition coefficient (Wildman–Crippen LogP) is 1.82. The predicted molar refractivity (Wildman–Crippen MR) is 132 cm³/mol. The summed E-state index contributed by atoms with van der Waals surface area (Å²) in [6.07, 6.45) is 2.15. The van der Waals surface area contributed by atoms with E-state index in [2.05, 4.69) is 4.72 Å². The van der Waals surface area contributed by atoms with Crippen molar-refractivity contribution in [3.8, 4) is 5.75 Å². The van der Waals surface area contributed by atoms with Gasteiger partial charge in [-0.25, -0.2) is 8.42 Å². The van der Waals surface area contributed by atoms with Crippen LogP contribution in [0, 0.1) is 11.8 Å². The molecule has 2 aliphatic rings. The number of hydrogen-bond donors (Lipinski definition) is 1. The van der Waals surface area contributed by atoms with E-state index in [0.29, 0.717) is 50.4 Å². The van der Waals surface area contributed by atoms with Gasteiger partial charge in [-0.2, -0.15) is 0 Å². The van der Waals surface area contributed by atoms with Gasteiger partial charge in [0.2, 0.25) is 15.9 Å². The lowest BCUT2D eigenvalue weighted by molar-refractivity contribution is -0.142. The van der Waals surface area contributed by atoms with Crippen LogP contribution >= 0.6 is 0 Å². The van der Waals surface area contributed by atoms with Crippen LogP contribution in [0.1, 0.15) is 37.0 Å². The van der Waals surface area contributed by atoms with Crippen LogP contribution in [-0.2, 0) is 24.3 Å². The van der Waals surface area contributed by atoms with Gasteiger partial charge in [0.1, 0.15) is 12.4 Å². The van der Waals surface area contributed by atoms with Gasteiger partial charge >= 0.3 is 0 Å². The summed E-state index contributed by atoms with van der Waals surface area (Å²) in [6, 6.07) is 4.30. The van der Waals surface area contributed by atoms with Gasteiger partial charge in [-0.3, -0.25) is 14.3 Å². The third-order valence-electron chi connectivity index (χ3n) is 6.60. The molecular formula is C24H37N3O7S. The van der Waals surface area contributed by atoms with Crippen LogP contribution in [0.5, 0.6) is 5.75 Å². The number of carbonyl (C=O) groups excluding carboxylic acids is 2. The minimum Gasteiger partial charge on any atom is -0.491 e. The Balaban J connectivity index is 1.96. The minimum atomic E-state index is -3.51. The van der Waals surface area contributed by atoms with Gasteiger partial charge in [0.15, 0.2) is 0 Å². The second-order valence-corrected chi connectivity index (χ2v) is 11.3. The van der Waals surface area contributed by atoms with Gasteiger partial charge in [-0.1, -0.05) is 6.92 Å². The highest BCUT2D eigenvalue weighted by Crippen LogP contribution is 2.28. The highest BCUT2D eigenvalue weighted by atomic mass is 32.2. The van der Waals surface area contributed by atoms with Crippen molar-refractivity contribution in [2.24, 2.45) is 11.8 Å². The number of methoxy groups -OCH3 is 1. The lowest BCUT2D eigenvalue weighted by Gasteiger charge is -2.38. The molecule has 0 unspecified atom stereocenters. The van der Waals surface area contributed by atoms with Crippen LogP contribution < -0.4 is 9.46 Å². The molecule has 0 spiro atoms. The maximum Gasteiger partial charge on any atom is 0.257 e. The van der Waals surface area contributed by atoms with E-state index in [9.17, 15) is 18.0 Å². The average Bonchev–Trinajstić information content (AvgIpc) is 2.82. The van der Waals surface area contributed by atoms with Crippen molar-refractivity contribution in [2.45, 2.75) is 38.8 Å². The summed E-state index contributed by atoms with van der Waals surface area (Å²) in [5.74, 6) is -0.0663. The number of hydrogen-bond acceptors (Lipinski definition) is 7. The van der Waals surface area contributed by atoms with E-state index in [4.69, 9.17) is 14.2 Å². The molecule has 2 amide bonds. The van der Waals surface area contributed by atoms with E-state index < -0.39 is 10.0 Å². The molecule has 3 rings (SSSR count). The number of nitrogens with one attached hydrogen (secondary N) is 1. The number of carbonyl (C=O) groups is 2. The van der Waals surface area contributed by atoms with Gasteiger partial charge in [-0.15, -0.1) is 0 Å². The van der Waals surface area contributed by atoms with Crippen molar-refractivity contribution in [3.63, 3.8) is 0 Å². The first-order valence-electron chi connectivity index (χ1n) is 11.9. The molecule has 1 aromatic rings. The Morgan fingerprint density at radius 2 is 1.86 bits per heavy atom. The number of fused-ring (bicyclic) bond motifs is 1. The molecule has 1 N–H and O–H groups in total. The van der Waals surface area contributed by atoms with E-state index in [1.807, 2.05) is 18.7 Å². The van der Waals surface area contributed by atoms with Crippen LogP contribution in [-0.4, -0.2) is 95.5 Å². The smallest absolute Gasteiger partial charge is 0.257 e. The fourth-order valence-corrected chi connectivity index (χ4v) is 5.09. The number of nitrogens with zero attached hydrogens (tertiary/aromatic N) is 2. The summed E-state index contributed by atoms with van der Waals surface area (Å²) in [5.41, 5.74) is 0.601. The zero-order valence-electron chi connectivity index (χ0n) is 21.2. The van der Waals surface area contributed by atoms with Crippen LogP contribution in [0.4, 0.5) is 5.69 Å². The van der Waals surface area contributed by atoms with Crippen LogP contribution in [0.2, 0.25) is 0 Å². The second kappa shape index (κ2) is 11.6. The Hall–Kier alpha value is -2.37. The first-order valence-corrected chi connectivity index (χ1v) is 13.8. The van der Waals surface area contributed by atoms with Crippen molar-refractivity contribution in [1.82, 2.24) is 9.80 Å². The van der Waals surface area contributed by atoms with E-state index in [0.717, 1.165) is 6.26 Å². The maximum absolute atomic E-state index is 13.5. The molecule has 35 heavy (non-hydrogen) atoms. The number of ether oxygens (including phenoxy) is 3. The Morgan fingerprint density at radius 3 is 2.49 bits per heavy atom. The van der Waals surface area contributed by atoms with Gasteiger partial charge in [0, 0.05) is 58.4 Å². The quantitative estimate of drug-likeness (QED) is 0.656. The lowest BCUT2D eigenvalue weighted by Crippen LogP contribution is -2.50. The molecular weight excluding hydrogens is 474 g/mol. The van der Waals surface area contributed by atoms with E-state index >= 15 is 0 Å². The molecule has 2 heterocycles. The molecule has 3 atom stereocenters. The molecule has 0 aromatic heterocycles. The summed E-state index contributed by atoms with van der Waals surface area (Å²) >= 11 is 0. The third kappa shape index (κ3) is 7.08. The highest BCUT2D eigenvalue weighted by molar-refractivity contribution is 7.92. The number of rotatable bonds is 4. The Morgan fingerprint density at radius 1 is 1.17 bits per heavy atom. The summed E-state index contributed by atoms with van der Waals surface area (Å²) in [5, 5.41) is 0. The maximum atomic E-state index is 13.5. The molecule has 196 valence electrons. The number of benzene rings is 1. The largest absolute Gasteiger partial charge is 0.491 e. The van der Waals surface area contributed by atoms with Crippen molar-refractivity contribution in [3.05, 3.63) is 23.8 Å². The highest BCUT2D eigenvalue weighted by Gasteiger charge is 2.33. The molecule has 2 aliphatic heterocycles. The van der Waals surface area contributed by atoms with Crippen molar-refractivity contribution >= 4 is 27.5 Å². The number of anilines is 1. The Kier molecular flexibility index (Phi) is 9.00. The number of likely N-dealkylation sites (N-methyl/N-ethyl adjacent to an activating group) is 1. The zero-order valence-corrected chi connectivity index (χ0v) is 22.0. The molecule has 10 nitrogen and oxygen atoms in total. The van der Waals surface area contributed by atoms with E-state index in [1.54, 1.807) is 25.1 Å². The van der Waals surface area contributed by atoms with Crippen LogP contribution in [0.25, 0.3) is 0 Å². The van der Waals surface area contributed by atoms with E-state index in [-0.39, 0.29) is 48.2 Å². The van der Waals surface area contributed by atoms with Crippen molar-refractivity contribution < 1.29 is 32.2 Å². The molecule has 0 radical (unpaired) electrons. The van der Waals surface area contributed by atoms with Gasteiger partial charge < -0.3 is 24.0 Å². The first kappa shape index (κ1) is 27.2. The Labute approximate surface area is 207 Å². The van der Waals surface area contributed by atoms with Gasteiger partial charge in [0.05, 0.1) is 29.7 Å². The van der Waals surface area contributed by atoms with Crippen LogP contribution in [0.3, 0.4) is 0 Å². The Bertz CT molecular complexity index is 1010. The summed E-state index contributed by atoms with van der Waals surface area (Å²) < 4.78 is 43.1. The van der Waals surface area contributed by atoms with Crippen molar-refractivity contribution in [2.75, 3.05) is 58.0 Å². The fourth-order valence-electron chi connectivity index (χ4n) is 4.54. The topological polar surface area (TPSA) is 114 Å². The monoisotopic (exact) mass is 511 g/mol. The van der Waals surface area contributed by atoms with Crippen LogP contribution in [0.15, 0.2) is 18.2 Å². The SMILES string of the molecule is CO[C@H]1CN(C)C(=O)c2ccc(NS(C)(=O)=O)cc2OC[C@H](C)N(C(=O)C2CCOCC2)C[C@@H]1C. The normalized spacial score (nSPS) is 25.2. The third-order valence-corrected chi connectivity index (χ3v) is 7.21. The molecule has 0 saturated carbocycles. The molecule has 1 saturated heterocycles. The second-order valence-electron chi connectivity index (χ2n) is 9.56. The van der Waals surface area contributed by atoms with Gasteiger partial charge in [0.25, 0.3) is 5.91 Å².